The normalized spacial score (nSPS) is 21.1. The van der Waals surface area contributed by atoms with Crippen molar-refractivity contribution in [3.05, 3.63) is 23.9 Å². The highest BCUT2D eigenvalue weighted by molar-refractivity contribution is 5.98. The molecule has 1 fully saturated rings. The Kier molecular flexibility index (Phi) is 3.74. The number of carbonyl (C=O) groups is 1. The first-order valence-electron chi connectivity index (χ1n) is 6.01. The quantitative estimate of drug-likeness (QED) is 0.733. The first kappa shape index (κ1) is 12.0. The average Bonchev–Trinajstić information content (AvgIpc) is 2.54. The Hall–Kier alpha value is -1.42. The van der Waals surface area contributed by atoms with Gasteiger partial charge in [-0.15, -0.1) is 0 Å². The minimum Gasteiger partial charge on any atom is -0.377 e. The van der Waals surface area contributed by atoms with E-state index in [2.05, 4.69) is 16.8 Å². The fourth-order valence-corrected chi connectivity index (χ4v) is 2.11. The molecule has 0 spiro atoms. The number of ketones is 1. The molecule has 92 valence electrons. The molecule has 4 nitrogen and oxygen atoms in total. The van der Waals surface area contributed by atoms with Gasteiger partial charge in [0.2, 0.25) is 0 Å². The van der Waals surface area contributed by atoms with E-state index in [1.165, 1.54) is 0 Å². The van der Waals surface area contributed by atoms with E-state index >= 15 is 0 Å². The molecule has 0 bridgehead atoms. The smallest absolute Gasteiger partial charge is 0.163 e. The number of ether oxygens (including phenoxy) is 1. The van der Waals surface area contributed by atoms with Gasteiger partial charge in [-0.05, 0) is 32.4 Å². The highest BCUT2D eigenvalue weighted by Crippen LogP contribution is 2.20. The fourth-order valence-electron chi connectivity index (χ4n) is 2.11. The van der Waals surface area contributed by atoms with Gasteiger partial charge < -0.3 is 9.64 Å². The van der Waals surface area contributed by atoms with E-state index in [0.29, 0.717) is 5.56 Å². The molecule has 1 aromatic rings. The number of hydrogen-bond donors (Lipinski definition) is 0. The second kappa shape index (κ2) is 5.27. The Morgan fingerprint density at radius 3 is 3.18 bits per heavy atom. The van der Waals surface area contributed by atoms with Gasteiger partial charge in [-0.1, -0.05) is 0 Å². The third-order valence-electron chi connectivity index (χ3n) is 2.92. The molecule has 0 aromatic carbocycles. The van der Waals surface area contributed by atoms with E-state index in [1.807, 2.05) is 6.07 Å². The van der Waals surface area contributed by atoms with E-state index < -0.39 is 0 Å². The molecule has 1 aromatic heterocycles. The summed E-state index contributed by atoms with van der Waals surface area (Å²) in [4.78, 5) is 18.1. The van der Waals surface area contributed by atoms with E-state index in [9.17, 15) is 4.79 Å². The minimum atomic E-state index is 0.0610. The van der Waals surface area contributed by atoms with Gasteiger partial charge in [-0.3, -0.25) is 4.79 Å². The summed E-state index contributed by atoms with van der Waals surface area (Å²) >= 11 is 0. The monoisotopic (exact) mass is 234 g/mol. The summed E-state index contributed by atoms with van der Waals surface area (Å²) in [5, 5.41) is 0. The molecular formula is C13H18N2O2. The van der Waals surface area contributed by atoms with Gasteiger partial charge in [0.1, 0.15) is 5.82 Å². The maximum Gasteiger partial charge on any atom is 0.163 e. The molecular weight excluding hydrogens is 216 g/mol. The van der Waals surface area contributed by atoms with Crippen LogP contribution in [0.4, 0.5) is 5.82 Å². The zero-order chi connectivity index (χ0) is 12.3. The first-order chi connectivity index (χ1) is 8.18. The number of hydrogen-bond acceptors (Lipinski definition) is 4. The molecule has 1 atom stereocenters. The third kappa shape index (κ3) is 2.82. The lowest BCUT2D eigenvalue weighted by molar-refractivity contribution is 0.0820. The van der Waals surface area contributed by atoms with E-state index in [0.717, 1.165) is 31.9 Å². The van der Waals surface area contributed by atoms with Gasteiger partial charge in [0.25, 0.3) is 0 Å². The van der Waals surface area contributed by atoms with Gasteiger partial charge in [0.15, 0.2) is 5.78 Å². The van der Waals surface area contributed by atoms with Crippen molar-refractivity contribution in [2.45, 2.75) is 26.4 Å². The van der Waals surface area contributed by atoms with Gasteiger partial charge >= 0.3 is 0 Å². The van der Waals surface area contributed by atoms with Crippen LogP contribution in [-0.2, 0) is 4.74 Å². The number of rotatable bonds is 2. The summed E-state index contributed by atoms with van der Waals surface area (Å²) in [6.07, 6.45) is 2.88. The molecule has 0 aliphatic carbocycles. The average molecular weight is 234 g/mol. The summed E-state index contributed by atoms with van der Waals surface area (Å²) in [5.41, 5.74) is 0.696. The van der Waals surface area contributed by atoms with Crippen molar-refractivity contribution in [2.75, 3.05) is 24.6 Å². The van der Waals surface area contributed by atoms with Crippen molar-refractivity contribution in [1.82, 2.24) is 4.98 Å². The number of anilines is 1. The molecule has 1 aliphatic heterocycles. The Labute approximate surface area is 102 Å². The van der Waals surface area contributed by atoms with Crippen molar-refractivity contribution in [3.8, 4) is 0 Å². The molecule has 1 saturated heterocycles. The maximum atomic E-state index is 11.6. The van der Waals surface area contributed by atoms with Crippen molar-refractivity contribution in [3.63, 3.8) is 0 Å². The van der Waals surface area contributed by atoms with Crippen LogP contribution in [0.15, 0.2) is 18.3 Å². The Morgan fingerprint density at radius 2 is 2.41 bits per heavy atom. The van der Waals surface area contributed by atoms with E-state index in [-0.39, 0.29) is 11.9 Å². The van der Waals surface area contributed by atoms with Gasteiger partial charge in [-0.2, -0.15) is 0 Å². The molecule has 4 heteroatoms. The van der Waals surface area contributed by atoms with Crippen LogP contribution in [0, 0.1) is 0 Å². The largest absolute Gasteiger partial charge is 0.377 e. The number of carbonyl (C=O) groups excluding carboxylic acids is 1. The Morgan fingerprint density at radius 1 is 1.59 bits per heavy atom. The van der Waals surface area contributed by atoms with Crippen LogP contribution in [0.25, 0.3) is 0 Å². The number of pyridine rings is 1. The number of aromatic nitrogens is 1. The van der Waals surface area contributed by atoms with Crippen LogP contribution in [-0.4, -0.2) is 36.6 Å². The summed E-state index contributed by atoms with van der Waals surface area (Å²) < 4.78 is 5.60. The summed E-state index contributed by atoms with van der Waals surface area (Å²) in [6.45, 7) is 6.09. The zero-order valence-corrected chi connectivity index (χ0v) is 10.3. The van der Waals surface area contributed by atoms with Crippen molar-refractivity contribution >= 4 is 11.6 Å². The third-order valence-corrected chi connectivity index (χ3v) is 2.92. The highest BCUT2D eigenvalue weighted by Gasteiger charge is 2.19. The van der Waals surface area contributed by atoms with Crippen LogP contribution >= 0.6 is 0 Å². The molecule has 2 rings (SSSR count). The Balaban J connectivity index is 2.28. The molecule has 1 aliphatic rings. The minimum absolute atomic E-state index is 0.0610. The topological polar surface area (TPSA) is 42.4 Å². The highest BCUT2D eigenvalue weighted by atomic mass is 16.5. The van der Waals surface area contributed by atoms with Gasteiger partial charge in [0, 0.05) is 25.9 Å². The molecule has 2 heterocycles. The van der Waals surface area contributed by atoms with Gasteiger partial charge in [0.05, 0.1) is 11.7 Å². The van der Waals surface area contributed by atoms with Crippen LogP contribution in [0.2, 0.25) is 0 Å². The summed E-state index contributed by atoms with van der Waals surface area (Å²) in [7, 11) is 0. The molecule has 0 radical (unpaired) electrons. The fraction of sp³-hybridized carbons (Fsp3) is 0.538. The van der Waals surface area contributed by atoms with Crippen LogP contribution in [0.3, 0.4) is 0 Å². The Bertz CT molecular complexity index is 406. The van der Waals surface area contributed by atoms with Crippen molar-refractivity contribution in [1.29, 1.82) is 0 Å². The second-order valence-corrected chi connectivity index (χ2v) is 4.41. The zero-order valence-electron chi connectivity index (χ0n) is 10.3. The van der Waals surface area contributed by atoms with E-state index in [1.54, 1.807) is 19.2 Å². The van der Waals surface area contributed by atoms with Crippen molar-refractivity contribution < 1.29 is 9.53 Å². The summed E-state index contributed by atoms with van der Waals surface area (Å²) in [6, 6.07) is 3.64. The maximum absolute atomic E-state index is 11.6. The predicted molar refractivity (Wildman–Crippen MR) is 66.5 cm³/mol. The second-order valence-electron chi connectivity index (χ2n) is 4.41. The van der Waals surface area contributed by atoms with Crippen molar-refractivity contribution in [2.24, 2.45) is 0 Å². The number of Topliss-reactive ketones (excluding diaryl/α,β-unsaturated/α-hetero) is 1. The SMILES string of the molecule is CC(=O)c1cccnc1N1CCCOC(C)C1. The first-order valence-corrected chi connectivity index (χ1v) is 6.01. The number of nitrogens with zero attached hydrogens (tertiary/aromatic N) is 2. The van der Waals surface area contributed by atoms with Gasteiger partial charge in [-0.25, -0.2) is 4.98 Å². The van der Waals surface area contributed by atoms with Crippen LogP contribution in [0.1, 0.15) is 30.6 Å². The lowest BCUT2D eigenvalue weighted by atomic mass is 10.1. The standard InChI is InChI=1S/C13H18N2O2/c1-10-9-15(7-4-8-17-10)13-12(11(2)16)5-3-6-14-13/h3,5-6,10H,4,7-9H2,1-2H3. The molecule has 0 N–H and O–H groups in total. The molecule has 0 saturated carbocycles. The predicted octanol–water partition coefficient (Wildman–Crippen LogP) is 1.90. The molecule has 1 unspecified atom stereocenters. The van der Waals surface area contributed by atoms with Crippen LogP contribution < -0.4 is 4.90 Å². The van der Waals surface area contributed by atoms with E-state index in [4.69, 9.17) is 4.74 Å². The molecule has 0 amide bonds. The lowest BCUT2D eigenvalue weighted by Gasteiger charge is -2.24. The summed E-state index contributed by atoms with van der Waals surface area (Å²) in [5.74, 6) is 0.850. The van der Waals surface area contributed by atoms with Crippen LogP contribution in [0.5, 0.6) is 0 Å². The molecule has 17 heavy (non-hydrogen) atoms. The lowest BCUT2D eigenvalue weighted by Crippen LogP contribution is -2.32.